The van der Waals surface area contributed by atoms with Crippen LogP contribution in [0.1, 0.15) is 39.7 Å². The third-order valence-electron chi connectivity index (χ3n) is 3.14. The minimum atomic E-state index is -0.238. The number of rotatable bonds is 5. The Morgan fingerprint density at radius 3 is 2.61 bits per heavy atom. The van der Waals surface area contributed by atoms with Gasteiger partial charge in [0.1, 0.15) is 6.04 Å². The van der Waals surface area contributed by atoms with E-state index in [1.807, 2.05) is 52.0 Å². The second-order valence-electron chi connectivity index (χ2n) is 5.46. The van der Waals surface area contributed by atoms with Crippen molar-refractivity contribution in [3.05, 3.63) is 29.8 Å². The number of hydrogen-bond acceptors (Lipinski definition) is 2. The van der Waals surface area contributed by atoms with E-state index in [-0.39, 0.29) is 17.5 Å². The van der Waals surface area contributed by atoms with Gasteiger partial charge in [-0.15, -0.1) is 0 Å². The third-order valence-corrected chi connectivity index (χ3v) is 3.14. The molecule has 0 aliphatic carbocycles. The normalized spacial score (nSPS) is 12.9. The molecule has 0 aliphatic rings. The highest BCUT2D eigenvalue weighted by molar-refractivity contribution is 5.84. The SMILES string of the molecule is CCC(C)(C)NC(=O)C(C)Nc1cccc(C)c1. The monoisotopic (exact) mass is 248 g/mol. The topological polar surface area (TPSA) is 41.1 Å². The molecular weight excluding hydrogens is 224 g/mol. The van der Waals surface area contributed by atoms with E-state index in [1.165, 1.54) is 5.56 Å². The van der Waals surface area contributed by atoms with Crippen LogP contribution in [0.4, 0.5) is 5.69 Å². The summed E-state index contributed by atoms with van der Waals surface area (Å²) in [5.74, 6) is 0.0309. The molecule has 0 bridgehead atoms. The summed E-state index contributed by atoms with van der Waals surface area (Å²) in [5.41, 5.74) is 2.01. The van der Waals surface area contributed by atoms with Gasteiger partial charge in [-0.05, 0) is 51.8 Å². The summed E-state index contributed by atoms with van der Waals surface area (Å²) in [7, 11) is 0. The molecule has 2 N–H and O–H groups in total. The molecule has 0 aromatic heterocycles. The molecule has 1 amide bonds. The van der Waals surface area contributed by atoms with Crippen molar-refractivity contribution in [3.8, 4) is 0 Å². The quantitative estimate of drug-likeness (QED) is 0.840. The van der Waals surface area contributed by atoms with E-state index >= 15 is 0 Å². The summed E-state index contributed by atoms with van der Waals surface area (Å²) < 4.78 is 0. The second-order valence-corrected chi connectivity index (χ2v) is 5.46. The molecule has 1 rings (SSSR count). The number of amides is 1. The van der Waals surface area contributed by atoms with Crippen molar-refractivity contribution in [2.24, 2.45) is 0 Å². The Kier molecular flexibility index (Phi) is 4.76. The largest absolute Gasteiger partial charge is 0.374 e. The molecule has 100 valence electrons. The number of anilines is 1. The molecule has 3 heteroatoms. The zero-order valence-electron chi connectivity index (χ0n) is 12.0. The number of nitrogens with one attached hydrogen (secondary N) is 2. The van der Waals surface area contributed by atoms with Crippen molar-refractivity contribution < 1.29 is 4.79 Å². The van der Waals surface area contributed by atoms with Gasteiger partial charge < -0.3 is 10.6 Å². The van der Waals surface area contributed by atoms with Crippen LogP contribution >= 0.6 is 0 Å². The van der Waals surface area contributed by atoms with E-state index in [0.29, 0.717) is 0 Å². The van der Waals surface area contributed by atoms with Gasteiger partial charge >= 0.3 is 0 Å². The summed E-state index contributed by atoms with van der Waals surface area (Å²) in [6.07, 6.45) is 0.913. The van der Waals surface area contributed by atoms with Crippen LogP contribution < -0.4 is 10.6 Å². The Labute approximate surface area is 110 Å². The Hall–Kier alpha value is -1.51. The van der Waals surface area contributed by atoms with Crippen LogP contribution in [0.15, 0.2) is 24.3 Å². The predicted molar refractivity (Wildman–Crippen MR) is 76.8 cm³/mol. The van der Waals surface area contributed by atoms with Gasteiger partial charge in [0, 0.05) is 11.2 Å². The summed E-state index contributed by atoms with van der Waals surface area (Å²) in [4.78, 5) is 12.0. The van der Waals surface area contributed by atoms with Gasteiger partial charge in [0.2, 0.25) is 5.91 Å². The van der Waals surface area contributed by atoms with Crippen molar-refractivity contribution in [2.75, 3.05) is 5.32 Å². The van der Waals surface area contributed by atoms with Crippen molar-refractivity contribution in [3.63, 3.8) is 0 Å². The highest BCUT2D eigenvalue weighted by Gasteiger charge is 2.21. The molecule has 18 heavy (non-hydrogen) atoms. The zero-order chi connectivity index (χ0) is 13.8. The van der Waals surface area contributed by atoms with Gasteiger partial charge in [0.15, 0.2) is 0 Å². The zero-order valence-corrected chi connectivity index (χ0v) is 12.0. The first kappa shape index (κ1) is 14.6. The van der Waals surface area contributed by atoms with Gasteiger partial charge in [-0.3, -0.25) is 4.79 Å². The smallest absolute Gasteiger partial charge is 0.242 e. The van der Waals surface area contributed by atoms with E-state index in [0.717, 1.165) is 12.1 Å². The van der Waals surface area contributed by atoms with Gasteiger partial charge in [-0.1, -0.05) is 19.1 Å². The summed E-state index contributed by atoms with van der Waals surface area (Å²) in [5, 5.41) is 6.26. The van der Waals surface area contributed by atoms with Crippen LogP contribution in [0.2, 0.25) is 0 Å². The lowest BCUT2D eigenvalue weighted by molar-refractivity contribution is -0.123. The summed E-state index contributed by atoms with van der Waals surface area (Å²) >= 11 is 0. The molecule has 0 saturated heterocycles. The van der Waals surface area contributed by atoms with Crippen LogP contribution in [-0.2, 0) is 4.79 Å². The lowest BCUT2D eigenvalue weighted by Crippen LogP contribution is -2.48. The fraction of sp³-hybridized carbons (Fsp3) is 0.533. The predicted octanol–water partition coefficient (Wildman–Crippen LogP) is 3.10. The molecule has 0 saturated carbocycles. The lowest BCUT2D eigenvalue weighted by Gasteiger charge is -2.27. The van der Waals surface area contributed by atoms with Crippen molar-refractivity contribution in [2.45, 2.75) is 52.6 Å². The standard InChI is InChI=1S/C15H24N2O/c1-6-15(4,5)17-14(18)12(3)16-13-9-7-8-11(2)10-13/h7-10,12,16H,6H2,1-5H3,(H,17,18). The maximum Gasteiger partial charge on any atom is 0.242 e. The van der Waals surface area contributed by atoms with Crippen molar-refractivity contribution in [1.82, 2.24) is 5.32 Å². The van der Waals surface area contributed by atoms with Gasteiger partial charge in [-0.25, -0.2) is 0 Å². The fourth-order valence-electron chi connectivity index (χ4n) is 1.58. The van der Waals surface area contributed by atoms with E-state index in [1.54, 1.807) is 0 Å². The molecule has 1 unspecified atom stereocenters. The summed E-state index contributed by atoms with van der Waals surface area (Å²) in [6.45, 7) is 10.0. The molecule has 1 aromatic rings. The number of aryl methyl sites for hydroxylation is 1. The number of carbonyl (C=O) groups excluding carboxylic acids is 1. The van der Waals surface area contributed by atoms with E-state index in [9.17, 15) is 4.79 Å². The Morgan fingerprint density at radius 1 is 1.39 bits per heavy atom. The third kappa shape index (κ3) is 4.40. The van der Waals surface area contributed by atoms with E-state index in [2.05, 4.69) is 17.6 Å². The van der Waals surface area contributed by atoms with Crippen molar-refractivity contribution >= 4 is 11.6 Å². The average Bonchev–Trinajstić information content (AvgIpc) is 2.28. The minimum Gasteiger partial charge on any atom is -0.374 e. The fourth-order valence-corrected chi connectivity index (χ4v) is 1.58. The van der Waals surface area contributed by atoms with Gasteiger partial charge in [-0.2, -0.15) is 0 Å². The minimum absolute atomic E-state index is 0.0309. The van der Waals surface area contributed by atoms with Crippen LogP contribution in [-0.4, -0.2) is 17.5 Å². The van der Waals surface area contributed by atoms with E-state index in [4.69, 9.17) is 0 Å². The highest BCUT2D eigenvalue weighted by atomic mass is 16.2. The molecule has 1 aromatic carbocycles. The van der Waals surface area contributed by atoms with Crippen molar-refractivity contribution in [1.29, 1.82) is 0 Å². The molecule has 0 heterocycles. The number of carbonyl (C=O) groups is 1. The summed E-state index contributed by atoms with van der Waals surface area (Å²) in [6, 6.07) is 7.79. The average molecular weight is 248 g/mol. The molecule has 3 nitrogen and oxygen atoms in total. The Bertz CT molecular complexity index is 413. The van der Waals surface area contributed by atoms with Gasteiger partial charge in [0.05, 0.1) is 0 Å². The first-order valence-corrected chi connectivity index (χ1v) is 6.49. The highest BCUT2D eigenvalue weighted by Crippen LogP contribution is 2.12. The number of hydrogen-bond donors (Lipinski definition) is 2. The van der Waals surface area contributed by atoms with Crippen LogP contribution in [0, 0.1) is 6.92 Å². The number of benzene rings is 1. The first-order chi connectivity index (χ1) is 8.34. The second kappa shape index (κ2) is 5.89. The molecule has 0 aliphatic heterocycles. The molecular formula is C15H24N2O. The maximum absolute atomic E-state index is 12.0. The first-order valence-electron chi connectivity index (χ1n) is 6.49. The molecule has 0 spiro atoms. The lowest BCUT2D eigenvalue weighted by atomic mass is 10.0. The molecule has 0 fully saturated rings. The Morgan fingerprint density at radius 2 is 2.06 bits per heavy atom. The van der Waals surface area contributed by atoms with Gasteiger partial charge in [0.25, 0.3) is 0 Å². The molecule has 1 atom stereocenters. The van der Waals surface area contributed by atoms with Crippen LogP contribution in [0.5, 0.6) is 0 Å². The maximum atomic E-state index is 12.0. The van der Waals surface area contributed by atoms with Crippen LogP contribution in [0.25, 0.3) is 0 Å². The van der Waals surface area contributed by atoms with Crippen LogP contribution in [0.3, 0.4) is 0 Å². The van der Waals surface area contributed by atoms with E-state index < -0.39 is 0 Å². The molecule has 0 radical (unpaired) electrons. The Balaban J connectivity index is 2.60.